The molecule has 0 bridgehead atoms. The Kier molecular flexibility index (Phi) is 4.80. The number of aryl methyl sites for hydroxylation is 1. The minimum absolute atomic E-state index is 0.0425. The number of hydrogen-bond donors (Lipinski definition) is 2. The highest BCUT2D eigenvalue weighted by molar-refractivity contribution is 7.98. The highest BCUT2D eigenvalue weighted by atomic mass is 32.2. The summed E-state index contributed by atoms with van der Waals surface area (Å²) in [4.78, 5) is 11.8. The zero-order chi connectivity index (χ0) is 15.4. The Morgan fingerprint density at radius 2 is 2.19 bits per heavy atom. The van der Waals surface area contributed by atoms with Gasteiger partial charge in [0.25, 0.3) is 0 Å². The molecule has 0 unspecified atom stereocenters. The largest absolute Gasteiger partial charge is 0.494 e. The Morgan fingerprint density at radius 1 is 1.43 bits per heavy atom. The van der Waals surface area contributed by atoms with E-state index in [0.717, 1.165) is 16.2 Å². The molecule has 112 valence electrons. The quantitative estimate of drug-likeness (QED) is 0.627. The number of nitrogens with two attached hydrogens (primary N) is 1. The first kappa shape index (κ1) is 15.3. The Balaban J connectivity index is 2.12. The molecule has 0 spiro atoms. The van der Waals surface area contributed by atoms with E-state index >= 15 is 0 Å². The van der Waals surface area contributed by atoms with Crippen LogP contribution in [0.2, 0.25) is 0 Å². The summed E-state index contributed by atoms with van der Waals surface area (Å²) in [5.41, 5.74) is 7.46. The summed E-state index contributed by atoms with van der Waals surface area (Å²) < 4.78 is 10.6. The van der Waals surface area contributed by atoms with Crippen molar-refractivity contribution in [3.63, 3.8) is 0 Å². The van der Waals surface area contributed by atoms with Crippen LogP contribution in [0.3, 0.4) is 0 Å². The van der Waals surface area contributed by atoms with Gasteiger partial charge in [-0.1, -0.05) is 0 Å². The van der Waals surface area contributed by atoms with Crippen molar-refractivity contribution in [2.75, 3.05) is 12.3 Å². The number of rotatable bonds is 6. The lowest BCUT2D eigenvalue weighted by Crippen LogP contribution is -1.94. The van der Waals surface area contributed by atoms with E-state index in [1.165, 1.54) is 11.8 Å². The van der Waals surface area contributed by atoms with Gasteiger partial charge in [-0.15, -0.1) is 11.8 Å². The standard InChI is InChI=1S/C15H17NO4S/c1-3-19-11-4-5-12(16)14(7-11)21-8-10-6-13(15(17)18)20-9(10)2/h4-7H,3,8,16H2,1-2H3,(H,17,18). The number of furan rings is 1. The van der Waals surface area contributed by atoms with Gasteiger partial charge in [-0.25, -0.2) is 4.79 Å². The maximum Gasteiger partial charge on any atom is 0.371 e. The van der Waals surface area contributed by atoms with Gasteiger partial charge in [0.1, 0.15) is 11.5 Å². The van der Waals surface area contributed by atoms with Crippen LogP contribution < -0.4 is 10.5 Å². The van der Waals surface area contributed by atoms with Crippen LogP contribution in [0.4, 0.5) is 5.69 Å². The number of nitrogen functional groups attached to an aromatic ring is 1. The predicted molar refractivity (Wildman–Crippen MR) is 82.0 cm³/mol. The van der Waals surface area contributed by atoms with Gasteiger partial charge in [0.05, 0.1) is 6.61 Å². The fraction of sp³-hybridized carbons (Fsp3) is 0.267. The summed E-state index contributed by atoms with van der Waals surface area (Å²) in [5.74, 6) is 0.859. The molecule has 0 radical (unpaired) electrons. The van der Waals surface area contributed by atoms with Crippen molar-refractivity contribution in [1.82, 2.24) is 0 Å². The van der Waals surface area contributed by atoms with Gasteiger partial charge in [-0.3, -0.25) is 0 Å². The summed E-state index contributed by atoms with van der Waals surface area (Å²) in [6.07, 6.45) is 0. The lowest BCUT2D eigenvalue weighted by Gasteiger charge is -2.08. The van der Waals surface area contributed by atoms with Gasteiger partial charge < -0.3 is 20.0 Å². The number of carboxylic acids is 1. The summed E-state index contributed by atoms with van der Waals surface area (Å²) in [6, 6.07) is 7.07. The first-order chi connectivity index (χ1) is 10.0. The Labute approximate surface area is 127 Å². The first-order valence-electron chi connectivity index (χ1n) is 6.49. The molecule has 0 aliphatic rings. The molecule has 1 aromatic carbocycles. The number of carboxylic acid groups (broad SMARTS) is 1. The lowest BCUT2D eigenvalue weighted by molar-refractivity contribution is 0.0661. The Morgan fingerprint density at radius 3 is 2.81 bits per heavy atom. The summed E-state index contributed by atoms with van der Waals surface area (Å²) in [5, 5.41) is 8.91. The van der Waals surface area contributed by atoms with Crippen LogP contribution in [0.25, 0.3) is 0 Å². The van der Waals surface area contributed by atoms with Gasteiger partial charge in [-0.05, 0) is 38.1 Å². The smallest absolute Gasteiger partial charge is 0.371 e. The molecule has 0 amide bonds. The Hall–Kier alpha value is -2.08. The van der Waals surface area contributed by atoms with Crippen LogP contribution in [0.1, 0.15) is 28.8 Å². The topological polar surface area (TPSA) is 85.7 Å². The molecule has 2 aromatic rings. The number of aromatic carboxylic acids is 1. The van der Waals surface area contributed by atoms with Gasteiger partial charge in [0.2, 0.25) is 5.76 Å². The second kappa shape index (κ2) is 6.58. The van der Waals surface area contributed by atoms with E-state index in [0.29, 0.717) is 23.8 Å². The third kappa shape index (κ3) is 3.72. The molecule has 0 aliphatic carbocycles. The van der Waals surface area contributed by atoms with Crippen LogP contribution in [0.5, 0.6) is 5.75 Å². The average Bonchev–Trinajstić information content (AvgIpc) is 2.81. The average molecular weight is 307 g/mol. The van der Waals surface area contributed by atoms with Gasteiger partial charge in [-0.2, -0.15) is 0 Å². The zero-order valence-corrected chi connectivity index (χ0v) is 12.7. The molecule has 1 aromatic heterocycles. The normalized spacial score (nSPS) is 10.6. The van der Waals surface area contributed by atoms with Crippen LogP contribution in [0, 0.1) is 6.92 Å². The van der Waals surface area contributed by atoms with Crippen LogP contribution >= 0.6 is 11.8 Å². The molecule has 1 heterocycles. The number of ether oxygens (including phenoxy) is 1. The van der Waals surface area contributed by atoms with Crippen molar-refractivity contribution < 1.29 is 19.1 Å². The molecule has 21 heavy (non-hydrogen) atoms. The van der Waals surface area contributed by atoms with Crippen LogP contribution in [-0.2, 0) is 5.75 Å². The molecule has 3 N–H and O–H groups in total. The summed E-state index contributed by atoms with van der Waals surface area (Å²) in [6.45, 7) is 4.27. The molecular formula is C15H17NO4S. The lowest BCUT2D eigenvalue weighted by atomic mass is 10.3. The van der Waals surface area contributed by atoms with Crippen molar-refractivity contribution in [3.05, 3.63) is 41.3 Å². The van der Waals surface area contributed by atoms with Gasteiger partial charge in [0.15, 0.2) is 0 Å². The third-order valence-corrected chi connectivity index (χ3v) is 4.03. The number of carbonyl (C=O) groups is 1. The molecule has 0 aliphatic heterocycles. The van der Waals surface area contributed by atoms with Crippen molar-refractivity contribution in [1.29, 1.82) is 0 Å². The SMILES string of the molecule is CCOc1ccc(N)c(SCc2cc(C(=O)O)oc2C)c1. The van der Waals surface area contributed by atoms with E-state index in [4.69, 9.17) is 20.0 Å². The summed E-state index contributed by atoms with van der Waals surface area (Å²) in [7, 11) is 0. The number of hydrogen-bond acceptors (Lipinski definition) is 5. The number of benzene rings is 1. The van der Waals surface area contributed by atoms with Crippen molar-refractivity contribution in [3.8, 4) is 5.75 Å². The molecule has 2 rings (SSSR count). The van der Waals surface area contributed by atoms with E-state index in [2.05, 4.69) is 0 Å². The van der Waals surface area contributed by atoms with Gasteiger partial charge >= 0.3 is 5.97 Å². The van der Waals surface area contributed by atoms with E-state index in [1.807, 2.05) is 19.1 Å². The minimum Gasteiger partial charge on any atom is -0.494 e. The fourth-order valence-corrected chi connectivity index (χ4v) is 2.85. The van der Waals surface area contributed by atoms with Crippen molar-refractivity contribution in [2.24, 2.45) is 0 Å². The van der Waals surface area contributed by atoms with Crippen molar-refractivity contribution >= 4 is 23.4 Å². The molecule has 5 nitrogen and oxygen atoms in total. The highest BCUT2D eigenvalue weighted by Gasteiger charge is 2.13. The van der Waals surface area contributed by atoms with E-state index < -0.39 is 5.97 Å². The van der Waals surface area contributed by atoms with E-state index in [-0.39, 0.29) is 5.76 Å². The van der Waals surface area contributed by atoms with Crippen LogP contribution in [-0.4, -0.2) is 17.7 Å². The molecule has 0 saturated carbocycles. The van der Waals surface area contributed by atoms with E-state index in [9.17, 15) is 4.79 Å². The second-order valence-electron chi connectivity index (χ2n) is 4.42. The number of thioether (sulfide) groups is 1. The molecular weight excluding hydrogens is 290 g/mol. The van der Waals surface area contributed by atoms with E-state index in [1.54, 1.807) is 19.1 Å². The molecule has 0 fully saturated rings. The predicted octanol–water partition coefficient (Wildman–Crippen LogP) is 3.56. The maximum atomic E-state index is 10.9. The molecule has 0 atom stereocenters. The second-order valence-corrected chi connectivity index (χ2v) is 5.44. The maximum absolute atomic E-state index is 10.9. The first-order valence-corrected chi connectivity index (χ1v) is 7.47. The van der Waals surface area contributed by atoms with Gasteiger partial charge in [0, 0.05) is 21.9 Å². The monoisotopic (exact) mass is 307 g/mol. The van der Waals surface area contributed by atoms with Crippen LogP contribution in [0.15, 0.2) is 33.6 Å². The summed E-state index contributed by atoms with van der Waals surface area (Å²) >= 11 is 1.52. The fourth-order valence-electron chi connectivity index (χ4n) is 1.82. The minimum atomic E-state index is -1.06. The van der Waals surface area contributed by atoms with Crippen molar-refractivity contribution in [2.45, 2.75) is 24.5 Å². The molecule has 0 saturated heterocycles. The molecule has 6 heteroatoms. The number of anilines is 1. The third-order valence-electron chi connectivity index (χ3n) is 2.91. The Bertz CT molecular complexity index is 651. The zero-order valence-electron chi connectivity index (χ0n) is 11.9. The highest BCUT2D eigenvalue weighted by Crippen LogP contribution is 2.32.